The number of aromatic nitrogens is 2. The Morgan fingerprint density at radius 1 is 1.44 bits per heavy atom. The molecular formula is C19H29N5O. The van der Waals surface area contributed by atoms with Crippen molar-refractivity contribution in [2.45, 2.75) is 33.2 Å². The third-order valence-corrected chi connectivity index (χ3v) is 4.45. The van der Waals surface area contributed by atoms with Gasteiger partial charge in [-0.2, -0.15) is 0 Å². The number of nitrogens with one attached hydrogen (secondary N) is 1. The first kappa shape index (κ1) is 17.7. The highest BCUT2D eigenvalue weighted by atomic mass is 16.5. The number of pyridine rings is 1. The molecule has 3 rings (SSSR count). The normalized spacial score (nSPS) is 14.9. The van der Waals surface area contributed by atoms with E-state index in [2.05, 4.69) is 52.8 Å². The van der Waals surface area contributed by atoms with Crippen LogP contribution in [0, 0.1) is 12.8 Å². The second-order valence-corrected chi connectivity index (χ2v) is 6.74. The first-order valence-corrected chi connectivity index (χ1v) is 9.18. The molecule has 0 atom stereocenters. The number of imidazole rings is 1. The number of fused-ring (bicyclic) bond motifs is 1. The van der Waals surface area contributed by atoms with Gasteiger partial charge in [-0.05, 0) is 44.7 Å². The van der Waals surface area contributed by atoms with Crippen molar-refractivity contribution in [1.82, 2.24) is 19.6 Å². The molecule has 6 nitrogen and oxygen atoms in total. The summed E-state index contributed by atoms with van der Waals surface area (Å²) in [5.41, 5.74) is 3.12. The number of hydrogen-bond donors (Lipinski definition) is 1. The van der Waals surface area contributed by atoms with Crippen molar-refractivity contribution in [2.75, 3.05) is 33.4 Å². The fourth-order valence-electron chi connectivity index (χ4n) is 2.74. The van der Waals surface area contributed by atoms with E-state index in [9.17, 15) is 0 Å². The Morgan fingerprint density at radius 3 is 3.00 bits per heavy atom. The molecule has 2 aromatic heterocycles. The number of guanidine groups is 1. The molecule has 2 heterocycles. The Morgan fingerprint density at radius 2 is 2.28 bits per heavy atom. The van der Waals surface area contributed by atoms with E-state index in [1.807, 2.05) is 12.1 Å². The van der Waals surface area contributed by atoms with E-state index >= 15 is 0 Å². The molecule has 0 radical (unpaired) electrons. The largest absolute Gasteiger partial charge is 0.379 e. The molecular weight excluding hydrogens is 314 g/mol. The SMILES string of the molecule is CCNC(=NCc1cn2c(C)cccc2n1)N(C)CCOCC1CC1. The van der Waals surface area contributed by atoms with E-state index in [4.69, 9.17) is 9.73 Å². The first-order valence-electron chi connectivity index (χ1n) is 9.18. The van der Waals surface area contributed by atoms with Crippen molar-refractivity contribution in [3.63, 3.8) is 0 Å². The molecule has 0 bridgehead atoms. The molecule has 2 aromatic rings. The molecule has 0 aliphatic heterocycles. The molecule has 0 aromatic carbocycles. The lowest BCUT2D eigenvalue weighted by molar-refractivity contribution is 0.115. The predicted molar refractivity (Wildman–Crippen MR) is 101 cm³/mol. The minimum absolute atomic E-state index is 0.566. The second kappa shape index (κ2) is 8.34. The lowest BCUT2D eigenvalue weighted by Crippen LogP contribution is -2.40. The van der Waals surface area contributed by atoms with E-state index in [-0.39, 0.29) is 0 Å². The van der Waals surface area contributed by atoms with Crippen LogP contribution >= 0.6 is 0 Å². The molecule has 1 saturated carbocycles. The third kappa shape index (κ3) is 4.95. The van der Waals surface area contributed by atoms with Gasteiger partial charge in [0.05, 0.1) is 18.8 Å². The topological polar surface area (TPSA) is 54.2 Å². The van der Waals surface area contributed by atoms with Crippen LogP contribution in [0.25, 0.3) is 5.65 Å². The average molecular weight is 343 g/mol. The van der Waals surface area contributed by atoms with Crippen LogP contribution in [-0.4, -0.2) is 53.6 Å². The van der Waals surface area contributed by atoms with Crippen molar-refractivity contribution >= 4 is 11.6 Å². The van der Waals surface area contributed by atoms with Gasteiger partial charge < -0.3 is 19.4 Å². The lowest BCUT2D eigenvalue weighted by Gasteiger charge is -2.21. The number of ether oxygens (including phenoxy) is 1. The van der Waals surface area contributed by atoms with E-state index in [1.54, 1.807) is 0 Å². The molecule has 0 amide bonds. The van der Waals surface area contributed by atoms with Crippen molar-refractivity contribution in [1.29, 1.82) is 0 Å². The predicted octanol–water partition coefficient (Wildman–Crippen LogP) is 2.47. The monoisotopic (exact) mass is 343 g/mol. The highest BCUT2D eigenvalue weighted by molar-refractivity contribution is 5.79. The number of likely N-dealkylation sites (N-methyl/N-ethyl adjacent to an activating group) is 1. The van der Waals surface area contributed by atoms with Crippen molar-refractivity contribution in [3.05, 3.63) is 35.8 Å². The Kier molecular flexibility index (Phi) is 5.91. The summed E-state index contributed by atoms with van der Waals surface area (Å²) in [6.45, 7) is 8.06. The van der Waals surface area contributed by atoms with Gasteiger partial charge in [0.1, 0.15) is 5.65 Å². The van der Waals surface area contributed by atoms with E-state index in [0.29, 0.717) is 6.54 Å². The Bertz CT molecular complexity index is 720. The van der Waals surface area contributed by atoms with Crippen molar-refractivity contribution < 1.29 is 4.74 Å². The smallest absolute Gasteiger partial charge is 0.194 e. The fraction of sp³-hybridized carbons (Fsp3) is 0.579. The van der Waals surface area contributed by atoms with Crippen LogP contribution in [0.4, 0.5) is 0 Å². The minimum atomic E-state index is 0.566. The van der Waals surface area contributed by atoms with Crippen molar-refractivity contribution in [3.8, 4) is 0 Å². The molecule has 0 unspecified atom stereocenters. The van der Waals surface area contributed by atoms with Gasteiger partial charge in [-0.1, -0.05) is 6.07 Å². The number of hydrogen-bond acceptors (Lipinski definition) is 3. The quantitative estimate of drug-likeness (QED) is 0.454. The summed E-state index contributed by atoms with van der Waals surface area (Å²) >= 11 is 0. The van der Waals surface area contributed by atoms with Crippen LogP contribution in [0.1, 0.15) is 31.2 Å². The molecule has 1 fully saturated rings. The summed E-state index contributed by atoms with van der Waals surface area (Å²) in [5, 5.41) is 3.35. The zero-order valence-corrected chi connectivity index (χ0v) is 15.5. The van der Waals surface area contributed by atoms with Gasteiger partial charge in [0.15, 0.2) is 5.96 Å². The summed E-state index contributed by atoms with van der Waals surface area (Å²) in [7, 11) is 2.05. The molecule has 6 heteroatoms. The van der Waals surface area contributed by atoms with Gasteiger partial charge in [-0.15, -0.1) is 0 Å². The highest BCUT2D eigenvalue weighted by Gasteiger charge is 2.21. The van der Waals surface area contributed by atoms with E-state index < -0.39 is 0 Å². The number of aliphatic imine (C=N–C) groups is 1. The summed E-state index contributed by atoms with van der Waals surface area (Å²) in [6, 6.07) is 6.14. The zero-order valence-electron chi connectivity index (χ0n) is 15.5. The summed E-state index contributed by atoms with van der Waals surface area (Å²) in [6.07, 6.45) is 4.73. The molecule has 136 valence electrons. The zero-order chi connectivity index (χ0) is 17.6. The maximum Gasteiger partial charge on any atom is 0.194 e. The molecule has 1 aliphatic rings. The summed E-state index contributed by atoms with van der Waals surface area (Å²) in [4.78, 5) is 11.5. The standard InChI is InChI=1S/C19H29N5O/c1-4-20-19(23(3)10-11-25-14-16-8-9-16)21-12-17-13-24-15(2)6-5-7-18(24)22-17/h5-7,13,16H,4,8-12,14H2,1-3H3,(H,20,21). The molecule has 1 aliphatic carbocycles. The van der Waals surface area contributed by atoms with Gasteiger partial charge in [0, 0.05) is 38.6 Å². The van der Waals surface area contributed by atoms with Gasteiger partial charge >= 0.3 is 0 Å². The van der Waals surface area contributed by atoms with Crippen LogP contribution in [0.15, 0.2) is 29.4 Å². The molecule has 0 saturated heterocycles. The second-order valence-electron chi connectivity index (χ2n) is 6.74. The number of aryl methyl sites for hydroxylation is 1. The Balaban J connectivity index is 1.58. The maximum atomic E-state index is 5.73. The van der Waals surface area contributed by atoms with Gasteiger partial charge in [0.2, 0.25) is 0 Å². The van der Waals surface area contributed by atoms with E-state index in [1.165, 1.54) is 18.5 Å². The van der Waals surface area contributed by atoms with Crippen LogP contribution in [0.3, 0.4) is 0 Å². The molecule has 1 N–H and O–H groups in total. The summed E-state index contributed by atoms with van der Waals surface area (Å²) in [5.74, 6) is 1.71. The lowest BCUT2D eigenvalue weighted by atomic mass is 10.4. The third-order valence-electron chi connectivity index (χ3n) is 4.45. The van der Waals surface area contributed by atoms with Crippen LogP contribution in [-0.2, 0) is 11.3 Å². The van der Waals surface area contributed by atoms with Crippen molar-refractivity contribution in [2.24, 2.45) is 10.9 Å². The van der Waals surface area contributed by atoms with Crippen LogP contribution in [0.5, 0.6) is 0 Å². The van der Waals surface area contributed by atoms with Gasteiger partial charge in [-0.3, -0.25) is 0 Å². The number of rotatable bonds is 8. The minimum Gasteiger partial charge on any atom is -0.379 e. The average Bonchev–Trinajstić information content (AvgIpc) is 3.33. The fourth-order valence-corrected chi connectivity index (χ4v) is 2.74. The van der Waals surface area contributed by atoms with Crippen LogP contribution < -0.4 is 5.32 Å². The molecule has 25 heavy (non-hydrogen) atoms. The van der Waals surface area contributed by atoms with Gasteiger partial charge in [-0.25, -0.2) is 9.98 Å². The van der Waals surface area contributed by atoms with Gasteiger partial charge in [0.25, 0.3) is 0 Å². The summed E-state index contributed by atoms with van der Waals surface area (Å²) < 4.78 is 7.84. The maximum absolute atomic E-state index is 5.73. The van der Waals surface area contributed by atoms with Crippen LogP contribution in [0.2, 0.25) is 0 Å². The molecule has 0 spiro atoms. The number of nitrogens with zero attached hydrogens (tertiary/aromatic N) is 4. The highest BCUT2D eigenvalue weighted by Crippen LogP contribution is 2.28. The first-order chi connectivity index (χ1) is 12.2. The van der Waals surface area contributed by atoms with E-state index in [0.717, 1.165) is 49.5 Å². The Labute approximate surface area is 149 Å². The Hall–Kier alpha value is -2.08.